The number of fused-ring (bicyclic) bond motifs is 1. The first-order chi connectivity index (χ1) is 8.33. The van der Waals surface area contributed by atoms with Crippen LogP contribution >= 0.6 is 15.9 Å². The quantitative estimate of drug-likeness (QED) is 0.673. The number of benzene rings is 2. The van der Waals surface area contributed by atoms with E-state index in [4.69, 9.17) is 0 Å². The van der Waals surface area contributed by atoms with Gasteiger partial charge in [0.25, 0.3) is 0 Å². The molecule has 0 aliphatic rings. The number of aromatic nitrogens is 2. The van der Waals surface area contributed by atoms with Crippen molar-refractivity contribution in [2.45, 2.75) is 0 Å². The van der Waals surface area contributed by atoms with Crippen molar-refractivity contribution >= 4 is 26.7 Å². The molecule has 0 aliphatic heterocycles. The standard InChI is InChI=1S/C14H9BrN2/c15-13-4-3-10-7-12(2-1-11(10)8-13)14-9-16-5-6-17-14/h1-9H. The molecule has 0 fully saturated rings. The molecule has 17 heavy (non-hydrogen) atoms. The van der Waals surface area contributed by atoms with Gasteiger partial charge in [-0.3, -0.25) is 9.97 Å². The molecule has 0 unspecified atom stereocenters. The van der Waals surface area contributed by atoms with E-state index < -0.39 is 0 Å². The maximum absolute atomic E-state index is 4.30. The maximum atomic E-state index is 4.30. The molecule has 3 heteroatoms. The number of halogens is 1. The van der Waals surface area contributed by atoms with E-state index in [1.807, 2.05) is 6.07 Å². The van der Waals surface area contributed by atoms with Gasteiger partial charge < -0.3 is 0 Å². The number of rotatable bonds is 1. The van der Waals surface area contributed by atoms with Crippen LogP contribution in [0.3, 0.4) is 0 Å². The normalized spacial score (nSPS) is 10.6. The average molecular weight is 285 g/mol. The van der Waals surface area contributed by atoms with Gasteiger partial charge in [0.05, 0.1) is 11.9 Å². The summed E-state index contributed by atoms with van der Waals surface area (Å²) in [5.41, 5.74) is 1.99. The summed E-state index contributed by atoms with van der Waals surface area (Å²) in [6, 6.07) is 12.5. The molecule has 2 aromatic carbocycles. The van der Waals surface area contributed by atoms with Crippen LogP contribution in [-0.4, -0.2) is 9.97 Å². The molecule has 3 rings (SSSR count). The van der Waals surface area contributed by atoms with Crippen LogP contribution in [0.1, 0.15) is 0 Å². The predicted octanol–water partition coefficient (Wildman–Crippen LogP) is 4.06. The topological polar surface area (TPSA) is 25.8 Å². The van der Waals surface area contributed by atoms with E-state index >= 15 is 0 Å². The average Bonchev–Trinajstić information content (AvgIpc) is 2.39. The molecule has 0 atom stereocenters. The van der Waals surface area contributed by atoms with Crippen molar-refractivity contribution in [3.05, 3.63) is 59.5 Å². The lowest BCUT2D eigenvalue weighted by molar-refractivity contribution is 1.21. The molecule has 3 aromatic rings. The first kappa shape index (κ1) is 10.4. The third-order valence-corrected chi connectivity index (χ3v) is 3.15. The minimum atomic E-state index is 0.900. The highest BCUT2D eigenvalue weighted by molar-refractivity contribution is 9.10. The monoisotopic (exact) mass is 284 g/mol. The zero-order valence-electron chi connectivity index (χ0n) is 8.97. The second kappa shape index (κ2) is 4.26. The molecule has 0 N–H and O–H groups in total. The van der Waals surface area contributed by atoms with E-state index in [-0.39, 0.29) is 0 Å². The fourth-order valence-corrected chi connectivity index (χ4v) is 2.20. The summed E-state index contributed by atoms with van der Waals surface area (Å²) < 4.78 is 1.09. The number of hydrogen-bond donors (Lipinski definition) is 0. The van der Waals surface area contributed by atoms with Crippen molar-refractivity contribution in [2.75, 3.05) is 0 Å². The Bertz CT molecular complexity index is 665. The van der Waals surface area contributed by atoms with E-state index in [1.54, 1.807) is 18.6 Å². The van der Waals surface area contributed by atoms with Crippen molar-refractivity contribution in [3.63, 3.8) is 0 Å². The molecule has 1 aromatic heterocycles. The largest absolute Gasteiger partial charge is 0.261 e. The Kier molecular flexibility index (Phi) is 2.61. The third kappa shape index (κ3) is 2.06. The molecule has 1 heterocycles. The molecule has 0 bridgehead atoms. The summed E-state index contributed by atoms with van der Waals surface area (Å²) in [4.78, 5) is 8.39. The highest BCUT2D eigenvalue weighted by Crippen LogP contribution is 2.24. The van der Waals surface area contributed by atoms with Gasteiger partial charge in [0.1, 0.15) is 0 Å². The molecule has 0 radical (unpaired) electrons. The summed E-state index contributed by atoms with van der Waals surface area (Å²) in [7, 11) is 0. The highest BCUT2D eigenvalue weighted by Gasteiger charge is 2.01. The third-order valence-electron chi connectivity index (χ3n) is 2.66. The Balaban J connectivity index is 2.17. The lowest BCUT2D eigenvalue weighted by atomic mass is 10.1. The van der Waals surface area contributed by atoms with Crippen molar-refractivity contribution < 1.29 is 0 Å². The molecule has 0 saturated carbocycles. The molecular weight excluding hydrogens is 276 g/mol. The van der Waals surface area contributed by atoms with Gasteiger partial charge in [-0.25, -0.2) is 0 Å². The predicted molar refractivity (Wildman–Crippen MR) is 72.7 cm³/mol. The van der Waals surface area contributed by atoms with Gasteiger partial charge in [0.15, 0.2) is 0 Å². The van der Waals surface area contributed by atoms with E-state index in [2.05, 4.69) is 56.2 Å². The van der Waals surface area contributed by atoms with E-state index in [9.17, 15) is 0 Å². The molecule has 2 nitrogen and oxygen atoms in total. The van der Waals surface area contributed by atoms with Crippen LogP contribution in [-0.2, 0) is 0 Å². The Hall–Kier alpha value is -1.74. The Labute approximate surface area is 107 Å². The van der Waals surface area contributed by atoms with E-state index in [0.717, 1.165) is 15.7 Å². The first-order valence-corrected chi connectivity index (χ1v) is 6.08. The van der Waals surface area contributed by atoms with Gasteiger partial charge >= 0.3 is 0 Å². The molecule has 0 aliphatic carbocycles. The SMILES string of the molecule is Brc1ccc2cc(-c3cnccn3)ccc2c1. The van der Waals surface area contributed by atoms with Crippen LogP contribution in [0.25, 0.3) is 22.0 Å². The van der Waals surface area contributed by atoms with Crippen LogP contribution < -0.4 is 0 Å². The van der Waals surface area contributed by atoms with Crippen LogP contribution in [0.2, 0.25) is 0 Å². The summed E-state index contributed by atoms with van der Waals surface area (Å²) in [5.74, 6) is 0. The Morgan fingerprint density at radius 2 is 1.71 bits per heavy atom. The van der Waals surface area contributed by atoms with E-state index in [1.165, 1.54) is 10.8 Å². The minimum Gasteiger partial charge on any atom is -0.261 e. The smallest absolute Gasteiger partial charge is 0.0885 e. The van der Waals surface area contributed by atoms with Crippen LogP contribution in [0.5, 0.6) is 0 Å². The first-order valence-electron chi connectivity index (χ1n) is 5.29. The fourth-order valence-electron chi connectivity index (χ4n) is 1.82. The van der Waals surface area contributed by atoms with Crippen molar-refractivity contribution in [2.24, 2.45) is 0 Å². The minimum absolute atomic E-state index is 0.900. The van der Waals surface area contributed by atoms with Gasteiger partial charge in [-0.2, -0.15) is 0 Å². The lowest BCUT2D eigenvalue weighted by Crippen LogP contribution is -1.84. The highest BCUT2D eigenvalue weighted by atomic mass is 79.9. The zero-order chi connectivity index (χ0) is 11.7. The van der Waals surface area contributed by atoms with Crippen molar-refractivity contribution in [1.82, 2.24) is 9.97 Å². The van der Waals surface area contributed by atoms with Gasteiger partial charge in [0, 0.05) is 22.4 Å². The van der Waals surface area contributed by atoms with Gasteiger partial charge in [-0.1, -0.05) is 34.1 Å². The van der Waals surface area contributed by atoms with Crippen molar-refractivity contribution in [3.8, 4) is 11.3 Å². The summed E-state index contributed by atoms with van der Waals surface area (Å²) in [5, 5.41) is 2.42. The van der Waals surface area contributed by atoms with Crippen molar-refractivity contribution in [1.29, 1.82) is 0 Å². The van der Waals surface area contributed by atoms with Crippen LogP contribution in [0.15, 0.2) is 59.5 Å². The second-order valence-corrected chi connectivity index (χ2v) is 4.71. The second-order valence-electron chi connectivity index (χ2n) is 3.80. The Morgan fingerprint density at radius 3 is 2.53 bits per heavy atom. The van der Waals surface area contributed by atoms with Crippen LogP contribution in [0.4, 0.5) is 0 Å². The number of nitrogens with zero attached hydrogens (tertiary/aromatic N) is 2. The fraction of sp³-hybridized carbons (Fsp3) is 0. The van der Waals surface area contributed by atoms with Crippen LogP contribution in [0, 0.1) is 0 Å². The molecule has 0 spiro atoms. The molecular formula is C14H9BrN2. The van der Waals surface area contributed by atoms with E-state index in [0.29, 0.717) is 0 Å². The zero-order valence-corrected chi connectivity index (χ0v) is 10.6. The van der Waals surface area contributed by atoms with Gasteiger partial charge in [0.2, 0.25) is 0 Å². The molecule has 82 valence electrons. The van der Waals surface area contributed by atoms with Gasteiger partial charge in [-0.15, -0.1) is 0 Å². The Morgan fingerprint density at radius 1 is 0.882 bits per heavy atom. The summed E-state index contributed by atoms with van der Waals surface area (Å²) in [6.07, 6.45) is 5.17. The number of hydrogen-bond acceptors (Lipinski definition) is 2. The maximum Gasteiger partial charge on any atom is 0.0885 e. The molecule has 0 saturated heterocycles. The summed E-state index contributed by atoms with van der Waals surface area (Å²) >= 11 is 3.47. The molecule has 0 amide bonds. The summed E-state index contributed by atoms with van der Waals surface area (Å²) in [6.45, 7) is 0. The van der Waals surface area contributed by atoms with Gasteiger partial charge in [-0.05, 0) is 29.0 Å². The lowest BCUT2D eigenvalue weighted by Gasteiger charge is -2.03.